The molecule has 3 N–H and O–H groups in total. The molecule has 2 unspecified atom stereocenters. The highest BCUT2D eigenvalue weighted by Crippen LogP contribution is 2.13. The third kappa shape index (κ3) is 6.29. The molecule has 0 aliphatic carbocycles. The number of carbonyl (C=O) groups is 1. The third-order valence-corrected chi connectivity index (χ3v) is 2.02. The number of hydrogen-bond acceptors (Lipinski definition) is 3. The first kappa shape index (κ1) is 14.2. The van der Waals surface area contributed by atoms with Crippen molar-refractivity contribution in [3.8, 4) is 0 Å². The van der Waals surface area contributed by atoms with E-state index in [0.717, 1.165) is 19.5 Å². The van der Waals surface area contributed by atoms with Crippen molar-refractivity contribution in [2.24, 2.45) is 5.92 Å². The fourth-order valence-electron chi connectivity index (χ4n) is 1.09. The van der Waals surface area contributed by atoms with Gasteiger partial charge in [-0.25, -0.2) is 4.79 Å². The van der Waals surface area contributed by atoms with Crippen LogP contribution in [-0.4, -0.2) is 41.6 Å². The van der Waals surface area contributed by atoms with Gasteiger partial charge >= 0.3 is 12.1 Å². The summed E-state index contributed by atoms with van der Waals surface area (Å²) >= 11 is 0. The van der Waals surface area contributed by atoms with Crippen molar-refractivity contribution in [1.82, 2.24) is 5.32 Å². The lowest BCUT2D eigenvalue weighted by Gasteiger charge is -2.09. The Hall–Kier alpha value is -0.820. The molecule has 1 rings (SSSR count). The van der Waals surface area contributed by atoms with Crippen LogP contribution in [0.5, 0.6) is 0 Å². The van der Waals surface area contributed by atoms with Crippen LogP contribution in [0, 0.1) is 5.92 Å². The van der Waals surface area contributed by atoms with Gasteiger partial charge in [0.05, 0.1) is 6.10 Å². The molecule has 2 atom stereocenters. The van der Waals surface area contributed by atoms with Crippen LogP contribution in [0.25, 0.3) is 0 Å². The van der Waals surface area contributed by atoms with Crippen LogP contribution in [0.1, 0.15) is 13.3 Å². The van der Waals surface area contributed by atoms with Crippen molar-refractivity contribution in [3.63, 3.8) is 0 Å². The summed E-state index contributed by atoms with van der Waals surface area (Å²) in [5.41, 5.74) is 0. The summed E-state index contributed by atoms with van der Waals surface area (Å²) in [7, 11) is 0. The van der Waals surface area contributed by atoms with Crippen molar-refractivity contribution in [2.75, 3.05) is 13.1 Å². The van der Waals surface area contributed by atoms with E-state index in [2.05, 4.69) is 5.32 Å². The second-order valence-electron chi connectivity index (χ2n) is 3.30. The molecule has 7 heteroatoms. The van der Waals surface area contributed by atoms with Gasteiger partial charge in [-0.1, -0.05) is 0 Å². The summed E-state index contributed by atoms with van der Waals surface area (Å²) in [6, 6.07) is 0. The van der Waals surface area contributed by atoms with E-state index in [1.165, 1.54) is 0 Å². The summed E-state index contributed by atoms with van der Waals surface area (Å²) < 4.78 is 31.7. The third-order valence-electron chi connectivity index (χ3n) is 2.02. The highest BCUT2D eigenvalue weighted by Gasteiger charge is 2.38. The minimum atomic E-state index is -5.08. The zero-order valence-corrected chi connectivity index (χ0v) is 8.21. The Balaban J connectivity index is 0.000000265. The lowest BCUT2D eigenvalue weighted by Crippen LogP contribution is -2.21. The Labute approximate surface area is 85.1 Å². The number of hydrogen-bond donors (Lipinski definition) is 3. The first-order valence-corrected chi connectivity index (χ1v) is 4.44. The van der Waals surface area contributed by atoms with E-state index < -0.39 is 12.1 Å². The maximum atomic E-state index is 10.6. The van der Waals surface area contributed by atoms with Gasteiger partial charge in [-0.15, -0.1) is 0 Å². The van der Waals surface area contributed by atoms with Gasteiger partial charge in [-0.2, -0.15) is 13.2 Å². The second kappa shape index (κ2) is 5.92. The SMILES string of the molecule is CC(O)C1CCNC1.O=C(O)C(F)(F)F. The predicted octanol–water partition coefficient (Wildman–Crippen LogP) is 0.610. The van der Waals surface area contributed by atoms with Crippen LogP contribution >= 0.6 is 0 Å². The van der Waals surface area contributed by atoms with Crippen LogP contribution in [-0.2, 0) is 4.79 Å². The Morgan fingerprint density at radius 1 is 1.53 bits per heavy atom. The molecule has 1 heterocycles. The molecule has 1 aliphatic rings. The number of carboxylic acids is 1. The molecule has 0 saturated carbocycles. The number of aliphatic hydroxyl groups excluding tert-OH is 1. The number of carboxylic acid groups (broad SMARTS) is 1. The Morgan fingerprint density at radius 3 is 2.13 bits per heavy atom. The minimum absolute atomic E-state index is 0.120. The number of aliphatic hydroxyl groups is 1. The Bertz CT molecular complexity index is 200. The van der Waals surface area contributed by atoms with Gasteiger partial charge in [0.2, 0.25) is 0 Å². The lowest BCUT2D eigenvalue weighted by atomic mass is 10.0. The molecule has 4 nitrogen and oxygen atoms in total. The zero-order chi connectivity index (χ0) is 12.1. The number of halogens is 3. The van der Waals surface area contributed by atoms with Gasteiger partial charge in [0, 0.05) is 6.54 Å². The summed E-state index contributed by atoms with van der Waals surface area (Å²) in [6.07, 6.45) is -4.07. The molecule has 0 aromatic carbocycles. The minimum Gasteiger partial charge on any atom is -0.475 e. The van der Waals surface area contributed by atoms with Crippen LogP contribution < -0.4 is 5.32 Å². The van der Waals surface area contributed by atoms with E-state index in [-0.39, 0.29) is 6.10 Å². The molecular weight excluding hydrogens is 215 g/mol. The molecule has 0 radical (unpaired) electrons. The highest BCUT2D eigenvalue weighted by molar-refractivity contribution is 5.73. The van der Waals surface area contributed by atoms with Crippen molar-refractivity contribution in [3.05, 3.63) is 0 Å². The fourth-order valence-corrected chi connectivity index (χ4v) is 1.09. The van der Waals surface area contributed by atoms with Gasteiger partial charge in [0.25, 0.3) is 0 Å². The van der Waals surface area contributed by atoms with Crippen molar-refractivity contribution in [2.45, 2.75) is 25.6 Å². The van der Waals surface area contributed by atoms with Crippen LogP contribution in [0.4, 0.5) is 13.2 Å². The molecular formula is C8H14F3NO3. The number of alkyl halides is 3. The summed E-state index contributed by atoms with van der Waals surface area (Å²) in [5.74, 6) is -2.25. The lowest BCUT2D eigenvalue weighted by molar-refractivity contribution is -0.192. The van der Waals surface area contributed by atoms with Gasteiger partial charge in [-0.05, 0) is 25.8 Å². The van der Waals surface area contributed by atoms with E-state index in [9.17, 15) is 13.2 Å². The van der Waals surface area contributed by atoms with Crippen LogP contribution in [0.2, 0.25) is 0 Å². The first-order valence-electron chi connectivity index (χ1n) is 4.44. The largest absolute Gasteiger partial charge is 0.490 e. The van der Waals surface area contributed by atoms with Gasteiger partial charge < -0.3 is 15.5 Å². The predicted molar refractivity (Wildman–Crippen MR) is 46.3 cm³/mol. The van der Waals surface area contributed by atoms with E-state index in [1.807, 2.05) is 6.92 Å². The van der Waals surface area contributed by atoms with E-state index >= 15 is 0 Å². The summed E-state index contributed by atoms with van der Waals surface area (Å²) in [5, 5.41) is 19.3. The standard InChI is InChI=1S/C6H13NO.C2HF3O2/c1-5(8)6-2-3-7-4-6;3-2(4,5)1(6)7/h5-8H,2-4H2,1H3;(H,6,7). The maximum Gasteiger partial charge on any atom is 0.490 e. The van der Waals surface area contributed by atoms with E-state index in [1.54, 1.807) is 0 Å². The molecule has 1 fully saturated rings. The summed E-state index contributed by atoms with van der Waals surface area (Å²) in [4.78, 5) is 8.90. The van der Waals surface area contributed by atoms with Gasteiger partial charge in [-0.3, -0.25) is 0 Å². The molecule has 0 spiro atoms. The van der Waals surface area contributed by atoms with Crippen LogP contribution in [0.3, 0.4) is 0 Å². The molecule has 1 saturated heterocycles. The molecule has 1 aliphatic heterocycles. The number of aliphatic carboxylic acids is 1. The van der Waals surface area contributed by atoms with E-state index in [0.29, 0.717) is 5.92 Å². The van der Waals surface area contributed by atoms with Crippen molar-refractivity contribution in [1.29, 1.82) is 0 Å². The topological polar surface area (TPSA) is 69.6 Å². The molecule has 0 aromatic heterocycles. The van der Waals surface area contributed by atoms with E-state index in [4.69, 9.17) is 15.0 Å². The monoisotopic (exact) mass is 229 g/mol. The van der Waals surface area contributed by atoms with Crippen molar-refractivity contribution < 1.29 is 28.2 Å². The Morgan fingerprint density at radius 2 is 2.00 bits per heavy atom. The quantitative estimate of drug-likeness (QED) is 0.616. The molecule has 0 bridgehead atoms. The number of nitrogens with one attached hydrogen (secondary N) is 1. The average Bonchev–Trinajstić information content (AvgIpc) is 2.54. The van der Waals surface area contributed by atoms with Crippen molar-refractivity contribution >= 4 is 5.97 Å². The molecule has 15 heavy (non-hydrogen) atoms. The Kier molecular flexibility index (Phi) is 5.59. The van der Waals surface area contributed by atoms with Crippen LogP contribution in [0.15, 0.2) is 0 Å². The maximum absolute atomic E-state index is 10.6. The fraction of sp³-hybridized carbons (Fsp3) is 0.875. The molecule has 90 valence electrons. The highest BCUT2D eigenvalue weighted by atomic mass is 19.4. The molecule has 0 amide bonds. The second-order valence-corrected chi connectivity index (χ2v) is 3.30. The summed E-state index contributed by atoms with van der Waals surface area (Å²) in [6.45, 7) is 3.94. The number of rotatable bonds is 1. The smallest absolute Gasteiger partial charge is 0.475 e. The molecule has 0 aromatic rings. The van der Waals surface area contributed by atoms with Gasteiger partial charge in [0.15, 0.2) is 0 Å². The van der Waals surface area contributed by atoms with Gasteiger partial charge in [0.1, 0.15) is 0 Å². The first-order chi connectivity index (χ1) is 6.75. The average molecular weight is 229 g/mol. The normalized spacial score (nSPS) is 22.9. The zero-order valence-electron chi connectivity index (χ0n) is 8.21.